The molecule has 1 N–H and O–H groups in total. The average Bonchev–Trinajstić information content (AvgIpc) is 3.37. The van der Waals surface area contributed by atoms with Crippen LogP contribution in [0.15, 0.2) is 70.5 Å². The first-order valence-electron chi connectivity index (χ1n) is 11.8. The molecule has 0 atom stereocenters. The van der Waals surface area contributed by atoms with E-state index in [-0.39, 0.29) is 24.3 Å². The lowest BCUT2D eigenvalue weighted by atomic mass is 10.1. The Balaban J connectivity index is 1.51. The molecule has 35 heavy (non-hydrogen) atoms. The lowest BCUT2D eigenvalue weighted by Crippen LogP contribution is -2.38. The van der Waals surface area contributed by atoms with Gasteiger partial charge in [-0.25, -0.2) is 0 Å². The van der Waals surface area contributed by atoms with Gasteiger partial charge in [-0.1, -0.05) is 36.0 Å². The van der Waals surface area contributed by atoms with Crippen molar-refractivity contribution in [3.63, 3.8) is 0 Å². The van der Waals surface area contributed by atoms with E-state index in [4.69, 9.17) is 0 Å². The van der Waals surface area contributed by atoms with E-state index in [0.29, 0.717) is 16.8 Å². The van der Waals surface area contributed by atoms with Gasteiger partial charge in [0.2, 0.25) is 5.91 Å². The third-order valence-electron chi connectivity index (χ3n) is 6.65. The van der Waals surface area contributed by atoms with Gasteiger partial charge in [-0.2, -0.15) is 0 Å². The predicted molar refractivity (Wildman–Crippen MR) is 138 cm³/mol. The van der Waals surface area contributed by atoms with Gasteiger partial charge in [-0.05, 0) is 74.2 Å². The van der Waals surface area contributed by atoms with E-state index in [9.17, 15) is 14.4 Å². The van der Waals surface area contributed by atoms with E-state index in [1.54, 1.807) is 12.1 Å². The van der Waals surface area contributed by atoms with Crippen molar-refractivity contribution in [1.82, 2.24) is 4.90 Å². The van der Waals surface area contributed by atoms with Crippen LogP contribution in [0.5, 0.6) is 0 Å². The fraction of sp³-hybridized carbons (Fsp3) is 0.250. The zero-order valence-electron chi connectivity index (χ0n) is 19.8. The van der Waals surface area contributed by atoms with Gasteiger partial charge in [-0.3, -0.25) is 19.3 Å². The Labute approximate surface area is 209 Å². The number of carbonyl (C=O) groups is 3. The molecule has 0 aliphatic carbocycles. The highest BCUT2D eigenvalue weighted by molar-refractivity contribution is 7.99. The summed E-state index contributed by atoms with van der Waals surface area (Å²) in [6.45, 7) is 5.29. The largest absolute Gasteiger partial charge is 0.339 e. The lowest BCUT2D eigenvalue weighted by molar-refractivity contribution is -0.114. The second kappa shape index (κ2) is 9.58. The van der Waals surface area contributed by atoms with Gasteiger partial charge >= 0.3 is 0 Å². The molecule has 0 unspecified atom stereocenters. The second-order valence-corrected chi connectivity index (χ2v) is 10.1. The SMILES string of the molecule is Cc1cccc(NC(=O)CN2C(=O)c3ccccc3Sc3ccc(C(=O)N4CCCC4)cc32)c1C. The number of fused-ring (bicyclic) bond motifs is 2. The highest BCUT2D eigenvalue weighted by Crippen LogP contribution is 2.42. The van der Waals surface area contributed by atoms with E-state index in [0.717, 1.165) is 52.5 Å². The van der Waals surface area contributed by atoms with Gasteiger partial charge in [0.15, 0.2) is 0 Å². The number of hydrogen-bond donors (Lipinski definition) is 1. The van der Waals surface area contributed by atoms with Crippen LogP contribution < -0.4 is 10.2 Å². The molecule has 1 saturated heterocycles. The average molecular weight is 486 g/mol. The van der Waals surface area contributed by atoms with Gasteiger partial charge in [0, 0.05) is 34.1 Å². The summed E-state index contributed by atoms with van der Waals surface area (Å²) in [6.07, 6.45) is 2.01. The molecule has 0 saturated carbocycles. The summed E-state index contributed by atoms with van der Waals surface area (Å²) in [6, 6.07) is 18.6. The lowest BCUT2D eigenvalue weighted by Gasteiger charge is -2.24. The second-order valence-electron chi connectivity index (χ2n) is 8.97. The number of rotatable bonds is 4. The van der Waals surface area contributed by atoms with Gasteiger partial charge in [0.1, 0.15) is 6.54 Å². The van der Waals surface area contributed by atoms with Crippen molar-refractivity contribution < 1.29 is 14.4 Å². The molecule has 1 fully saturated rings. The third kappa shape index (κ3) is 4.56. The number of likely N-dealkylation sites (tertiary alicyclic amines) is 1. The highest BCUT2D eigenvalue weighted by Gasteiger charge is 2.30. The molecule has 3 amide bonds. The fourth-order valence-corrected chi connectivity index (χ4v) is 5.59. The predicted octanol–water partition coefficient (Wildman–Crippen LogP) is 5.29. The van der Waals surface area contributed by atoms with Crippen molar-refractivity contribution in [3.05, 3.63) is 82.9 Å². The Bertz CT molecular complexity index is 1330. The summed E-state index contributed by atoms with van der Waals surface area (Å²) in [4.78, 5) is 44.9. The molecule has 0 spiro atoms. The van der Waals surface area contributed by atoms with Crippen LogP contribution in [-0.2, 0) is 4.79 Å². The van der Waals surface area contributed by atoms with E-state index in [1.807, 2.05) is 67.3 Å². The minimum absolute atomic E-state index is 0.0377. The quantitative estimate of drug-likeness (QED) is 0.545. The number of nitrogens with zero attached hydrogens (tertiary/aromatic N) is 2. The Hall–Kier alpha value is -3.58. The molecule has 2 aliphatic rings. The number of aryl methyl sites for hydroxylation is 1. The van der Waals surface area contributed by atoms with Crippen LogP contribution in [0.4, 0.5) is 11.4 Å². The maximum atomic E-state index is 13.7. The highest BCUT2D eigenvalue weighted by atomic mass is 32.2. The van der Waals surface area contributed by atoms with Gasteiger partial charge in [-0.15, -0.1) is 0 Å². The van der Waals surface area contributed by atoms with Crippen molar-refractivity contribution in [2.45, 2.75) is 36.5 Å². The molecule has 0 aromatic heterocycles. The van der Waals surface area contributed by atoms with Crippen LogP contribution in [0.3, 0.4) is 0 Å². The van der Waals surface area contributed by atoms with Crippen LogP contribution in [0.1, 0.15) is 44.7 Å². The summed E-state index contributed by atoms with van der Waals surface area (Å²) in [5.74, 6) is -0.586. The van der Waals surface area contributed by atoms with Gasteiger partial charge < -0.3 is 10.2 Å². The summed E-state index contributed by atoms with van der Waals surface area (Å²) in [7, 11) is 0. The van der Waals surface area contributed by atoms with E-state index in [1.165, 1.54) is 16.7 Å². The van der Waals surface area contributed by atoms with Crippen LogP contribution >= 0.6 is 11.8 Å². The zero-order chi connectivity index (χ0) is 24.5. The van der Waals surface area contributed by atoms with Crippen molar-refractivity contribution in [3.8, 4) is 0 Å². The maximum Gasteiger partial charge on any atom is 0.259 e. The van der Waals surface area contributed by atoms with E-state index < -0.39 is 0 Å². The number of hydrogen-bond acceptors (Lipinski definition) is 4. The first-order valence-corrected chi connectivity index (χ1v) is 12.6. The monoisotopic (exact) mass is 485 g/mol. The van der Waals surface area contributed by atoms with Crippen LogP contribution in [-0.4, -0.2) is 42.3 Å². The number of carbonyl (C=O) groups excluding carboxylic acids is 3. The molecule has 0 radical (unpaired) electrons. The Kier molecular flexibility index (Phi) is 6.34. The summed E-state index contributed by atoms with van der Waals surface area (Å²) in [5, 5.41) is 2.96. The zero-order valence-corrected chi connectivity index (χ0v) is 20.7. The maximum absolute atomic E-state index is 13.7. The van der Waals surface area contributed by atoms with Crippen LogP contribution in [0.2, 0.25) is 0 Å². The molecule has 5 rings (SSSR count). The molecule has 3 aromatic carbocycles. The van der Waals surface area contributed by atoms with Gasteiger partial charge in [0.25, 0.3) is 11.8 Å². The fourth-order valence-electron chi connectivity index (χ4n) is 4.53. The molecule has 0 bridgehead atoms. The molecule has 178 valence electrons. The van der Waals surface area contributed by atoms with Crippen molar-refractivity contribution in [1.29, 1.82) is 0 Å². The van der Waals surface area contributed by atoms with E-state index in [2.05, 4.69) is 5.32 Å². The Morgan fingerprint density at radius 3 is 2.51 bits per heavy atom. The molecule has 3 aromatic rings. The number of nitrogens with one attached hydrogen (secondary N) is 1. The third-order valence-corrected chi connectivity index (χ3v) is 7.79. The number of anilines is 2. The molecular formula is C28H27N3O3S. The van der Waals surface area contributed by atoms with Crippen molar-refractivity contribution in [2.75, 3.05) is 29.9 Å². The minimum Gasteiger partial charge on any atom is -0.339 e. The van der Waals surface area contributed by atoms with Crippen LogP contribution in [0, 0.1) is 13.8 Å². The minimum atomic E-state index is -0.293. The van der Waals surface area contributed by atoms with Crippen molar-refractivity contribution >= 4 is 40.9 Å². The number of benzene rings is 3. The smallest absolute Gasteiger partial charge is 0.259 e. The standard InChI is InChI=1S/C28H27N3O3S/c1-18-8-7-10-22(19(18)2)29-26(32)17-31-23-16-20(27(33)30-14-5-6-15-30)12-13-25(23)35-24-11-4-3-9-21(24)28(31)34/h3-4,7-13,16H,5-6,14-15,17H2,1-2H3,(H,29,32). The van der Waals surface area contributed by atoms with Gasteiger partial charge in [0.05, 0.1) is 11.3 Å². The van der Waals surface area contributed by atoms with Crippen molar-refractivity contribution in [2.24, 2.45) is 0 Å². The normalized spacial score (nSPS) is 14.9. The first-order chi connectivity index (χ1) is 16.9. The Morgan fingerprint density at radius 1 is 0.943 bits per heavy atom. The molecule has 2 heterocycles. The molecule has 7 heteroatoms. The molecular weight excluding hydrogens is 458 g/mol. The first kappa shape index (κ1) is 23.2. The summed E-state index contributed by atoms with van der Waals surface area (Å²) in [5.41, 5.74) is 4.45. The topological polar surface area (TPSA) is 69.7 Å². The number of amides is 3. The molecule has 6 nitrogen and oxygen atoms in total. The van der Waals surface area contributed by atoms with Crippen LogP contribution in [0.25, 0.3) is 0 Å². The summed E-state index contributed by atoms with van der Waals surface area (Å²) >= 11 is 1.48. The summed E-state index contributed by atoms with van der Waals surface area (Å²) < 4.78 is 0. The van der Waals surface area contributed by atoms with E-state index >= 15 is 0 Å². The Morgan fingerprint density at radius 2 is 1.71 bits per heavy atom. The molecule has 2 aliphatic heterocycles.